The Morgan fingerprint density at radius 2 is 1.28 bits per heavy atom. The van der Waals surface area contributed by atoms with E-state index < -0.39 is 5.97 Å². The summed E-state index contributed by atoms with van der Waals surface area (Å²) in [7, 11) is 0. The number of rotatable bonds is 10. The average molecular weight is 807 g/mol. The van der Waals surface area contributed by atoms with Crippen LogP contribution in [0.4, 0.5) is 0 Å². The third-order valence-electron chi connectivity index (χ3n) is 21.5. The van der Waals surface area contributed by atoms with Crippen molar-refractivity contribution in [2.24, 2.45) is 98.6 Å². The van der Waals surface area contributed by atoms with E-state index in [2.05, 4.69) is 68.4 Å². The number of aliphatic hydroxyl groups is 3. The zero-order chi connectivity index (χ0) is 41.9. The smallest absolute Gasteiger partial charge is 0.303 e. The van der Waals surface area contributed by atoms with Crippen LogP contribution in [0.25, 0.3) is 0 Å². The largest absolute Gasteiger partial charge is 0.481 e. The molecule has 4 N–H and O–H groups in total. The van der Waals surface area contributed by atoms with E-state index in [-0.39, 0.29) is 35.6 Å². The molecule has 0 aromatic carbocycles. The minimum atomic E-state index is -0.684. The maximum Gasteiger partial charge on any atom is 0.303 e. The first-order valence-electron chi connectivity index (χ1n) is 25.3. The molecule has 0 aromatic rings. The summed E-state index contributed by atoms with van der Waals surface area (Å²) in [6.45, 7) is 22.3. The highest BCUT2D eigenvalue weighted by Gasteiger charge is 2.63. The van der Waals surface area contributed by atoms with Gasteiger partial charge in [0.15, 0.2) is 0 Å². The molecule has 0 radical (unpaired) electrons. The molecule has 5 nitrogen and oxygen atoms in total. The lowest BCUT2D eigenvalue weighted by atomic mass is 9.43. The van der Waals surface area contributed by atoms with E-state index in [4.69, 9.17) is 5.11 Å². The second kappa shape index (κ2) is 17.3. The minimum Gasteiger partial charge on any atom is -0.481 e. The summed E-state index contributed by atoms with van der Waals surface area (Å²) in [5.74, 6) is 8.66. The number of aliphatic carboxylic acids is 1. The summed E-state index contributed by atoms with van der Waals surface area (Å²) >= 11 is 0. The molecule has 0 aromatic heterocycles. The maximum absolute atomic E-state index is 11.2. The first-order valence-corrected chi connectivity index (χ1v) is 25.3. The first kappa shape index (κ1) is 45.1. The third-order valence-corrected chi connectivity index (χ3v) is 21.5. The summed E-state index contributed by atoms with van der Waals surface area (Å²) in [6.07, 6.45) is 26.3. The molecule has 7 saturated carbocycles. The second-order valence-electron chi connectivity index (χ2n) is 24.2. The fraction of sp³-hybridized carbons (Fsp3) is 0.943. The standard InChI is InChI=1S/C29H50O.C24H40O4/c1-7-21(19(2)3)9-8-20(4)25-12-13-26-24-11-10-22-18-23(30)14-16-28(22,5)27(24)15-17-29(25,26)6;1-14(4-7-21(27)28)17-5-6-18-22-19(9-11-24(17,18)3)23(2)10-8-16(25)12-15(23)13-20(22)26/h10,19-21,23-27,30H,7-9,11-18H2,1-6H3;14-20,22,25-26H,4-13H2,1-3H3,(H,27,28)/t20-,21-,23+,24+,25-,26+,27+,28+,29-;14-,15+,16-,17-,18+,19+,20+,22+,23+,24-/m11/s1. The molecule has 0 amide bonds. The third kappa shape index (κ3) is 7.98. The van der Waals surface area contributed by atoms with E-state index >= 15 is 0 Å². The number of allylic oxidation sites excluding steroid dienone is 1. The van der Waals surface area contributed by atoms with Crippen LogP contribution >= 0.6 is 0 Å². The van der Waals surface area contributed by atoms with E-state index in [1.807, 2.05) is 0 Å². The quantitative estimate of drug-likeness (QED) is 0.165. The first-order chi connectivity index (χ1) is 27.4. The molecule has 19 atom stereocenters. The van der Waals surface area contributed by atoms with Crippen molar-refractivity contribution in [2.75, 3.05) is 0 Å². The lowest BCUT2D eigenvalue weighted by Gasteiger charge is -2.62. The predicted octanol–water partition coefficient (Wildman–Crippen LogP) is 12.5. The van der Waals surface area contributed by atoms with E-state index in [1.54, 1.807) is 5.57 Å². The number of hydrogen-bond acceptors (Lipinski definition) is 4. The van der Waals surface area contributed by atoms with Crippen LogP contribution in [0.15, 0.2) is 11.6 Å². The average Bonchev–Trinajstić information content (AvgIpc) is 3.72. The van der Waals surface area contributed by atoms with Gasteiger partial charge < -0.3 is 20.4 Å². The van der Waals surface area contributed by atoms with E-state index in [0.29, 0.717) is 46.3 Å². The van der Waals surface area contributed by atoms with Crippen LogP contribution in [-0.4, -0.2) is 44.7 Å². The Bertz CT molecular complexity index is 1460. The van der Waals surface area contributed by atoms with Gasteiger partial charge >= 0.3 is 5.97 Å². The monoisotopic (exact) mass is 807 g/mol. The molecule has 7 fully saturated rings. The number of carboxylic acids is 1. The molecular formula is C53H90O5. The molecule has 58 heavy (non-hydrogen) atoms. The van der Waals surface area contributed by atoms with Crippen LogP contribution in [0.1, 0.15) is 197 Å². The molecule has 0 saturated heterocycles. The lowest BCUT2D eigenvalue weighted by molar-refractivity contribution is -0.174. The summed E-state index contributed by atoms with van der Waals surface area (Å²) in [5.41, 5.74) is 3.11. The Morgan fingerprint density at radius 1 is 0.690 bits per heavy atom. The predicted molar refractivity (Wildman–Crippen MR) is 237 cm³/mol. The minimum absolute atomic E-state index is 0.0794. The Hall–Kier alpha value is -0.910. The molecule has 0 unspecified atom stereocenters. The number of aliphatic hydroxyl groups excluding tert-OH is 3. The Kier molecular flexibility index (Phi) is 13.5. The van der Waals surface area contributed by atoms with Crippen LogP contribution < -0.4 is 0 Å². The number of carboxylic acid groups (broad SMARTS) is 1. The summed E-state index contributed by atoms with van der Waals surface area (Å²) in [6, 6.07) is 0. The molecular weight excluding hydrogens is 717 g/mol. The van der Waals surface area contributed by atoms with Gasteiger partial charge in [-0.1, -0.05) is 86.8 Å². The second-order valence-corrected chi connectivity index (χ2v) is 24.2. The molecule has 332 valence electrons. The molecule has 0 aliphatic heterocycles. The Balaban J connectivity index is 0.000000177. The van der Waals surface area contributed by atoms with Crippen LogP contribution in [-0.2, 0) is 4.79 Å². The van der Waals surface area contributed by atoms with Crippen LogP contribution in [0.2, 0.25) is 0 Å². The van der Waals surface area contributed by atoms with Gasteiger partial charge in [-0.2, -0.15) is 0 Å². The SMILES string of the molecule is CC[C@H](CC[C@@H](C)[C@H]1CC[C@H]2[C@@H]3CC=C4C[C@@H](O)CC[C@]4(C)[C@H]3CC[C@]12C)C(C)C.C[C@H](CCC(=O)O)[C@H]1CC[C@H]2[C@@H]3[C@@H](O)C[C@@H]4C[C@H](O)CC[C@]4(C)[C@H]3CC[C@]12C. The maximum atomic E-state index is 11.2. The van der Waals surface area contributed by atoms with Gasteiger partial charge in [0.2, 0.25) is 0 Å². The van der Waals surface area contributed by atoms with Crippen LogP contribution in [0, 0.1) is 98.6 Å². The fourth-order valence-corrected chi connectivity index (χ4v) is 18.0. The highest BCUT2D eigenvalue weighted by atomic mass is 16.4. The van der Waals surface area contributed by atoms with Gasteiger partial charge in [-0.3, -0.25) is 4.79 Å². The van der Waals surface area contributed by atoms with Crippen molar-refractivity contribution in [1.82, 2.24) is 0 Å². The summed E-state index contributed by atoms with van der Waals surface area (Å²) in [5, 5.41) is 40.8. The normalized spacial score (nSPS) is 48.4. The molecule has 8 aliphatic carbocycles. The molecule has 8 aliphatic rings. The zero-order valence-electron chi connectivity index (χ0n) is 38.9. The van der Waals surface area contributed by atoms with Gasteiger partial charge in [0, 0.05) is 6.42 Å². The molecule has 0 spiro atoms. The van der Waals surface area contributed by atoms with E-state index in [1.165, 1.54) is 83.5 Å². The van der Waals surface area contributed by atoms with Gasteiger partial charge in [0.1, 0.15) is 0 Å². The number of carbonyl (C=O) groups is 1. The van der Waals surface area contributed by atoms with Gasteiger partial charge in [0.25, 0.3) is 0 Å². The molecule has 0 bridgehead atoms. The Labute approximate surface area is 355 Å². The molecule has 0 heterocycles. The van der Waals surface area contributed by atoms with Crippen LogP contribution in [0.5, 0.6) is 0 Å². The highest BCUT2D eigenvalue weighted by Crippen LogP contribution is 2.69. The van der Waals surface area contributed by atoms with E-state index in [0.717, 1.165) is 86.4 Å². The fourth-order valence-electron chi connectivity index (χ4n) is 18.0. The molecule has 8 rings (SSSR count). The summed E-state index contributed by atoms with van der Waals surface area (Å²) < 4.78 is 0. The van der Waals surface area contributed by atoms with Crippen molar-refractivity contribution in [3.05, 3.63) is 11.6 Å². The number of hydrogen-bond donors (Lipinski definition) is 4. The van der Waals surface area contributed by atoms with Gasteiger partial charge in [-0.15, -0.1) is 0 Å². The Morgan fingerprint density at radius 3 is 1.93 bits per heavy atom. The highest BCUT2D eigenvalue weighted by molar-refractivity contribution is 5.66. The van der Waals surface area contributed by atoms with Gasteiger partial charge in [-0.25, -0.2) is 0 Å². The van der Waals surface area contributed by atoms with Gasteiger partial charge in [-0.05, 0) is 214 Å². The van der Waals surface area contributed by atoms with Gasteiger partial charge in [0.05, 0.1) is 18.3 Å². The van der Waals surface area contributed by atoms with Crippen molar-refractivity contribution in [1.29, 1.82) is 0 Å². The lowest BCUT2D eigenvalue weighted by Crippen LogP contribution is -2.58. The zero-order valence-corrected chi connectivity index (χ0v) is 38.9. The molecule has 5 heteroatoms. The van der Waals surface area contributed by atoms with Crippen LogP contribution in [0.3, 0.4) is 0 Å². The van der Waals surface area contributed by atoms with Crippen molar-refractivity contribution in [3.63, 3.8) is 0 Å². The van der Waals surface area contributed by atoms with Crippen molar-refractivity contribution in [2.45, 2.75) is 215 Å². The van der Waals surface area contributed by atoms with Crippen molar-refractivity contribution >= 4 is 5.97 Å². The summed E-state index contributed by atoms with van der Waals surface area (Å²) in [4.78, 5) is 11.1. The topological polar surface area (TPSA) is 98.0 Å². The van der Waals surface area contributed by atoms with Crippen molar-refractivity contribution < 1.29 is 25.2 Å². The number of fused-ring (bicyclic) bond motifs is 10. The van der Waals surface area contributed by atoms with Crippen molar-refractivity contribution in [3.8, 4) is 0 Å². The van der Waals surface area contributed by atoms with E-state index in [9.17, 15) is 20.1 Å².